The van der Waals surface area contributed by atoms with Crippen molar-refractivity contribution in [2.24, 2.45) is 0 Å². The van der Waals surface area contributed by atoms with Crippen LogP contribution in [0.1, 0.15) is 78.2 Å². The molecule has 0 bridgehead atoms. The Kier molecular flexibility index (Phi) is 11.3. The second-order valence-electron chi connectivity index (χ2n) is 11.2. The van der Waals surface area contributed by atoms with E-state index in [9.17, 15) is 8.42 Å². The van der Waals surface area contributed by atoms with Crippen LogP contribution in [0.3, 0.4) is 0 Å². The summed E-state index contributed by atoms with van der Waals surface area (Å²) in [7, 11) is 0. The SMILES string of the molecule is Cc1noc(NOS(=O)c2c(C)c(C)c(C)c(C)c2C)c1C.Cc1onc(NOS(=O)c2c(C)c(C)c(C)c(C)c2C)c1C. The van der Waals surface area contributed by atoms with Gasteiger partial charge in [-0.05, 0) is 153 Å². The first-order valence-corrected chi connectivity index (χ1v) is 16.4. The molecular formula is C32H44N4O6S2. The molecule has 2 unspecified atom stereocenters. The Bertz CT molecular complexity index is 1570. The lowest BCUT2D eigenvalue weighted by Gasteiger charge is -2.17. The summed E-state index contributed by atoms with van der Waals surface area (Å²) in [5.41, 5.74) is 18.7. The van der Waals surface area contributed by atoms with Crippen molar-refractivity contribution < 1.29 is 26.0 Å². The Morgan fingerprint density at radius 1 is 0.477 bits per heavy atom. The van der Waals surface area contributed by atoms with Crippen LogP contribution in [0.4, 0.5) is 11.7 Å². The molecule has 4 aromatic rings. The van der Waals surface area contributed by atoms with E-state index in [1.807, 2.05) is 83.1 Å². The van der Waals surface area contributed by atoms with Gasteiger partial charge in [0, 0.05) is 11.1 Å². The van der Waals surface area contributed by atoms with E-state index in [0.29, 0.717) is 27.3 Å². The highest BCUT2D eigenvalue weighted by Crippen LogP contribution is 2.31. The molecule has 0 fully saturated rings. The van der Waals surface area contributed by atoms with Gasteiger partial charge in [-0.2, -0.15) is 8.57 Å². The Hall–Kier alpha value is -3.32. The lowest BCUT2D eigenvalue weighted by molar-refractivity contribution is 0.366. The Morgan fingerprint density at radius 2 is 0.864 bits per heavy atom. The number of nitrogens with one attached hydrogen (secondary N) is 2. The Morgan fingerprint density at radius 3 is 1.20 bits per heavy atom. The van der Waals surface area contributed by atoms with E-state index in [1.165, 1.54) is 11.1 Å². The number of aryl methyl sites for hydroxylation is 2. The maximum Gasteiger partial charge on any atom is 0.252 e. The van der Waals surface area contributed by atoms with Crippen LogP contribution in [0.25, 0.3) is 0 Å². The van der Waals surface area contributed by atoms with Gasteiger partial charge in [0.1, 0.15) is 5.76 Å². The summed E-state index contributed by atoms with van der Waals surface area (Å²) in [4.78, 5) is 1.42. The van der Waals surface area contributed by atoms with E-state index in [4.69, 9.17) is 17.6 Å². The molecule has 2 atom stereocenters. The highest BCUT2D eigenvalue weighted by Gasteiger charge is 2.21. The van der Waals surface area contributed by atoms with E-state index in [2.05, 4.69) is 35.1 Å². The summed E-state index contributed by atoms with van der Waals surface area (Å²) in [6.07, 6.45) is 0. The molecule has 0 amide bonds. The van der Waals surface area contributed by atoms with Gasteiger partial charge in [0.15, 0.2) is 5.82 Å². The van der Waals surface area contributed by atoms with Gasteiger partial charge >= 0.3 is 0 Å². The number of hydrogen-bond acceptors (Lipinski definition) is 10. The molecule has 44 heavy (non-hydrogen) atoms. The van der Waals surface area contributed by atoms with E-state index >= 15 is 0 Å². The molecule has 2 N–H and O–H groups in total. The smallest absolute Gasteiger partial charge is 0.252 e. The van der Waals surface area contributed by atoms with Crippen LogP contribution >= 0.6 is 0 Å². The van der Waals surface area contributed by atoms with Crippen LogP contribution in [-0.2, 0) is 30.7 Å². The molecule has 0 radical (unpaired) electrons. The summed E-state index contributed by atoms with van der Waals surface area (Å²) < 4.78 is 45.9. The minimum Gasteiger partial charge on any atom is -0.359 e. The Balaban J connectivity index is 0.000000240. The highest BCUT2D eigenvalue weighted by atomic mass is 32.2. The van der Waals surface area contributed by atoms with Crippen molar-refractivity contribution >= 4 is 33.9 Å². The monoisotopic (exact) mass is 644 g/mol. The molecule has 0 saturated heterocycles. The molecule has 240 valence electrons. The summed E-state index contributed by atoms with van der Waals surface area (Å²) in [5.74, 6) is 1.52. The largest absolute Gasteiger partial charge is 0.359 e. The van der Waals surface area contributed by atoms with Crippen molar-refractivity contribution in [3.63, 3.8) is 0 Å². The molecule has 0 spiro atoms. The maximum absolute atomic E-state index is 12.6. The van der Waals surface area contributed by atoms with Gasteiger partial charge < -0.3 is 9.05 Å². The predicted octanol–water partition coefficient (Wildman–Crippen LogP) is 7.80. The lowest BCUT2D eigenvalue weighted by atomic mass is 9.95. The Labute approximate surface area is 265 Å². The van der Waals surface area contributed by atoms with Gasteiger partial charge in [0.2, 0.25) is 22.2 Å². The van der Waals surface area contributed by atoms with Crippen molar-refractivity contribution in [3.8, 4) is 0 Å². The highest BCUT2D eigenvalue weighted by molar-refractivity contribution is 7.80. The molecule has 2 heterocycles. The molecule has 0 aliphatic carbocycles. The summed E-state index contributed by atoms with van der Waals surface area (Å²) >= 11 is -3.26. The fourth-order valence-electron chi connectivity index (χ4n) is 4.69. The lowest BCUT2D eigenvalue weighted by Crippen LogP contribution is -2.11. The zero-order valence-electron chi connectivity index (χ0n) is 28.2. The first-order chi connectivity index (χ1) is 20.5. The van der Waals surface area contributed by atoms with Gasteiger partial charge in [-0.25, -0.2) is 19.4 Å². The number of anilines is 2. The second kappa shape index (κ2) is 14.2. The third-order valence-electron chi connectivity index (χ3n) is 8.93. The minimum absolute atomic E-state index is 0.377. The minimum atomic E-state index is -1.63. The van der Waals surface area contributed by atoms with E-state index in [0.717, 1.165) is 61.3 Å². The van der Waals surface area contributed by atoms with E-state index in [1.54, 1.807) is 0 Å². The normalized spacial score (nSPS) is 12.5. The van der Waals surface area contributed by atoms with Crippen molar-refractivity contribution in [3.05, 3.63) is 78.2 Å². The molecule has 2 aromatic heterocycles. The quantitative estimate of drug-likeness (QED) is 0.183. The number of nitrogens with zero attached hydrogens (tertiary/aromatic N) is 2. The average Bonchev–Trinajstić information content (AvgIpc) is 3.49. The summed E-state index contributed by atoms with van der Waals surface area (Å²) in [6, 6.07) is 0. The molecule has 0 aliphatic rings. The zero-order valence-corrected chi connectivity index (χ0v) is 29.8. The summed E-state index contributed by atoms with van der Waals surface area (Å²) in [5, 5.41) is 7.65. The van der Waals surface area contributed by atoms with Crippen molar-refractivity contribution in [2.45, 2.75) is 107 Å². The van der Waals surface area contributed by atoms with E-state index < -0.39 is 22.2 Å². The summed E-state index contributed by atoms with van der Waals surface area (Å²) in [6.45, 7) is 27.5. The predicted molar refractivity (Wildman–Crippen MR) is 174 cm³/mol. The number of benzene rings is 2. The molecule has 0 aliphatic heterocycles. The van der Waals surface area contributed by atoms with Crippen LogP contribution in [0, 0.1) is 96.9 Å². The molecule has 10 nitrogen and oxygen atoms in total. The molecule has 4 rings (SSSR count). The topological polar surface area (TPSA) is 129 Å². The van der Waals surface area contributed by atoms with Crippen molar-refractivity contribution in [1.82, 2.24) is 10.3 Å². The van der Waals surface area contributed by atoms with Crippen LogP contribution in [0.2, 0.25) is 0 Å². The average molecular weight is 645 g/mol. The van der Waals surface area contributed by atoms with Crippen LogP contribution in [0.5, 0.6) is 0 Å². The first kappa shape index (κ1) is 35.2. The fourth-order valence-corrected chi connectivity index (χ4v) is 6.78. The van der Waals surface area contributed by atoms with Gasteiger partial charge in [-0.3, -0.25) is 0 Å². The second-order valence-corrected chi connectivity index (χ2v) is 13.3. The van der Waals surface area contributed by atoms with Crippen LogP contribution in [-0.4, -0.2) is 18.7 Å². The number of rotatable bonds is 8. The standard InChI is InChI=1S/2C16H22N2O3S/c1-8-9(2)11(4)15(12(5)10(8)3)22(19)21-18-16-13(6)14(7)20-17-16;1-8-9(2)11(4)15(12(5)10(8)3)22(19)21-18-16-13(6)14(7)17-20-16/h1-7H3,(H,17,18);18H,1-7H3. The first-order valence-electron chi connectivity index (χ1n) is 14.2. The van der Waals surface area contributed by atoms with Crippen molar-refractivity contribution in [2.75, 3.05) is 11.0 Å². The van der Waals surface area contributed by atoms with E-state index in [-0.39, 0.29) is 0 Å². The van der Waals surface area contributed by atoms with Crippen molar-refractivity contribution in [1.29, 1.82) is 0 Å². The van der Waals surface area contributed by atoms with Gasteiger partial charge in [-0.1, -0.05) is 10.3 Å². The fraction of sp³-hybridized carbons (Fsp3) is 0.438. The number of aromatic nitrogens is 2. The zero-order chi connectivity index (χ0) is 33.2. The molecule has 2 aromatic carbocycles. The maximum atomic E-state index is 12.6. The van der Waals surface area contributed by atoms with Gasteiger partial charge in [0.25, 0.3) is 5.88 Å². The van der Waals surface area contributed by atoms with Crippen LogP contribution in [0.15, 0.2) is 18.8 Å². The van der Waals surface area contributed by atoms with Gasteiger partial charge in [-0.15, -0.1) is 0 Å². The third kappa shape index (κ3) is 6.98. The third-order valence-corrected chi connectivity index (χ3v) is 11.3. The molecule has 0 saturated carbocycles. The van der Waals surface area contributed by atoms with Crippen LogP contribution < -0.4 is 11.0 Å². The molecular weight excluding hydrogens is 601 g/mol. The number of hydrogen-bond donors (Lipinski definition) is 2. The van der Waals surface area contributed by atoms with Gasteiger partial charge in [0.05, 0.1) is 15.5 Å². The molecule has 12 heteroatoms.